The van der Waals surface area contributed by atoms with Crippen LogP contribution in [0.5, 0.6) is 0 Å². The van der Waals surface area contributed by atoms with Crippen LogP contribution < -0.4 is 5.32 Å². The number of para-hydroxylation sites is 1. The van der Waals surface area contributed by atoms with Crippen LogP contribution in [0.2, 0.25) is 0 Å². The molecule has 0 aliphatic rings. The van der Waals surface area contributed by atoms with E-state index >= 15 is 0 Å². The Labute approximate surface area is 175 Å². The predicted octanol–water partition coefficient (Wildman–Crippen LogP) is 4.57. The van der Waals surface area contributed by atoms with Gasteiger partial charge in [0.05, 0.1) is 21.7 Å². The number of nitro groups is 1. The van der Waals surface area contributed by atoms with Gasteiger partial charge in [-0.05, 0) is 18.4 Å². The van der Waals surface area contributed by atoms with E-state index < -0.39 is 4.92 Å². The van der Waals surface area contributed by atoms with Crippen LogP contribution in [-0.4, -0.2) is 32.0 Å². The Hall–Kier alpha value is -3.85. The number of thioether (sulfide) groups is 1. The summed E-state index contributed by atoms with van der Waals surface area (Å²) in [7, 11) is 0. The van der Waals surface area contributed by atoms with Crippen molar-refractivity contribution in [3.05, 3.63) is 82.5 Å². The third-order valence-electron chi connectivity index (χ3n) is 4.38. The zero-order chi connectivity index (χ0) is 21.1. The van der Waals surface area contributed by atoms with Crippen LogP contribution in [-0.2, 0) is 0 Å². The van der Waals surface area contributed by atoms with Gasteiger partial charge in [0.25, 0.3) is 11.6 Å². The lowest BCUT2D eigenvalue weighted by Crippen LogP contribution is -2.14. The molecule has 0 unspecified atom stereocenters. The highest BCUT2D eigenvalue weighted by atomic mass is 32.2. The first kappa shape index (κ1) is 19.5. The Kier molecular flexibility index (Phi) is 5.36. The van der Waals surface area contributed by atoms with Gasteiger partial charge in [-0.3, -0.25) is 19.9 Å². The molecule has 30 heavy (non-hydrogen) atoms. The number of rotatable bonds is 5. The van der Waals surface area contributed by atoms with Crippen molar-refractivity contribution in [1.82, 2.24) is 15.0 Å². The Morgan fingerprint density at radius 2 is 1.90 bits per heavy atom. The molecule has 2 aromatic carbocycles. The highest BCUT2D eigenvalue weighted by Gasteiger charge is 2.15. The summed E-state index contributed by atoms with van der Waals surface area (Å²) in [5.74, 6) is -0.0221. The van der Waals surface area contributed by atoms with Gasteiger partial charge in [-0.1, -0.05) is 42.1 Å². The fourth-order valence-electron chi connectivity index (χ4n) is 2.98. The van der Waals surface area contributed by atoms with Crippen LogP contribution in [0.25, 0.3) is 22.2 Å². The molecular formula is C21H15N5O3S. The van der Waals surface area contributed by atoms with E-state index in [2.05, 4.69) is 20.3 Å². The van der Waals surface area contributed by atoms with E-state index in [1.54, 1.807) is 30.5 Å². The summed E-state index contributed by atoms with van der Waals surface area (Å²) in [6, 6.07) is 16.8. The molecule has 1 N–H and O–H groups in total. The summed E-state index contributed by atoms with van der Waals surface area (Å²) in [5.41, 5.74) is 2.20. The third-order valence-corrected chi connectivity index (χ3v) is 4.92. The number of anilines is 1. The minimum atomic E-state index is -0.461. The van der Waals surface area contributed by atoms with Crippen molar-refractivity contribution in [2.45, 2.75) is 5.16 Å². The maximum absolute atomic E-state index is 12.9. The first-order chi connectivity index (χ1) is 14.5. The molecule has 1 amide bonds. The third kappa shape index (κ3) is 3.96. The number of non-ortho nitro benzene ring substituents is 1. The lowest BCUT2D eigenvalue weighted by Gasteiger charge is -2.10. The van der Waals surface area contributed by atoms with E-state index in [1.807, 2.05) is 30.5 Å². The normalized spacial score (nSPS) is 10.7. The average molecular weight is 417 g/mol. The molecule has 8 nitrogen and oxygen atoms in total. The standard InChI is InChI=1S/C21H15N5O3S/c1-30-21-23-18(13-5-4-6-14(11-13)26(28)29)12-19(25-21)24-20(27)16-9-10-22-17-8-3-2-7-15(16)17/h2-12H,1H3,(H,23,24,25,27). The van der Waals surface area contributed by atoms with Gasteiger partial charge in [0.2, 0.25) is 0 Å². The van der Waals surface area contributed by atoms with Gasteiger partial charge in [0, 0.05) is 35.3 Å². The van der Waals surface area contributed by atoms with E-state index in [4.69, 9.17) is 0 Å². The number of nitrogens with zero attached hydrogens (tertiary/aromatic N) is 4. The molecule has 4 rings (SSSR count). The number of aromatic nitrogens is 3. The second-order valence-electron chi connectivity index (χ2n) is 6.26. The van der Waals surface area contributed by atoms with Gasteiger partial charge in [-0.2, -0.15) is 0 Å². The number of pyridine rings is 1. The summed E-state index contributed by atoms with van der Waals surface area (Å²) in [6.07, 6.45) is 3.40. The summed E-state index contributed by atoms with van der Waals surface area (Å²) in [5, 5.41) is 15.1. The fourth-order valence-corrected chi connectivity index (χ4v) is 3.36. The first-order valence-electron chi connectivity index (χ1n) is 8.88. The Balaban J connectivity index is 1.71. The second kappa shape index (κ2) is 8.26. The second-order valence-corrected chi connectivity index (χ2v) is 7.04. The Bertz CT molecular complexity index is 1270. The molecule has 0 atom stereocenters. The maximum atomic E-state index is 12.9. The van der Waals surface area contributed by atoms with Crippen LogP contribution in [0.1, 0.15) is 10.4 Å². The lowest BCUT2D eigenvalue weighted by molar-refractivity contribution is -0.384. The molecule has 148 valence electrons. The van der Waals surface area contributed by atoms with Crippen molar-refractivity contribution in [2.24, 2.45) is 0 Å². The molecule has 0 bridgehead atoms. The van der Waals surface area contributed by atoms with Gasteiger partial charge in [-0.25, -0.2) is 9.97 Å². The molecule has 0 spiro atoms. The molecule has 0 aliphatic heterocycles. The van der Waals surface area contributed by atoms with Crippen LogP contribution in [0.4, 0.5) is 11.5 Å². The SMILES string of the molecule is CSc1nc(NC(=O)c2ccnc3ccccc23)cc(-c2cccc([N+](=O)[O-])c2)n1. The Morgan fingerprint density at radius 3 is 2.70 bits per heavy atom. The van der Waals surface area contributed by atoms with Crippen molar-refractivity contribution in [3.63, 3.8) is 0 Å². The quantitative estimate of drug-likeness (QED) is 0.219. The van der Waals surface area contributed by atoms with Gasteiger partial charge < -0.3 is 5.32 Å². The van der Waals surface area contributed by atoms with Crippen LogP contribution in [0, 0.1) is 10.1 Å². The van der Waals surface area contributed by atoms with Crippen LogP contribution in [0.3, 0.4) is 0 Å². The average Bonchev–Trinajstić information content (AvgIpc) is 2.78. The zero-order valence-corrected chi connectivity index (χ0v) is 16.6. The molecule has 9 heteroatoms. The van der Waals surface area contributed by atoms with E-state index in [0.717, 1.165) is 10.9 Å². The molecule has 0 saturated carbocycles. The monoisotopic (exact) mass is 417 g/mol. The number of amides is 1. The zero-order valence-electron chi connectivity index (χ0n) is 15.8. The molecule has 2 aromatic heterocycles. The topological polar surface area (TPSA) is 111 Å². The molecule has 4 aromatic rings. The van der Waals surface area contributed by atoms with Crippen LogP contribution in [0.15, 0.2) is 72.0 Å². The largest absolute Gasteiger partial charge is 0.306 e. The maximum Gasteiger partial charge on any atom is 0.270 e. The van der Waals surface area contributed by atoms with Crippen LogP contribution >= 0.6 is 11.8 Å². The number of fused-ring (bicyclic) bond motifs is 1. The van der Waals surface area contributed by atoms with Crippen molar-refractivity contribution in [2.75, 3.05) is 11.6 Å². The number of nitro benzene ring substituents is 1. The molecule has 0 aliphatic carbocycles. The van der Waals surface area contributed by atoms with Gasteiger partial charge in [0.15, 0.2) is 5.16 Å². The van der Waals surface area contributed by atoms with E-state index in [0.29, 0.717) is 27.8 Å². The number of hydrogen-bond acceptors (Lipinski definition) is 7. The van der Waals surface area contributed by atoms with E-state index in [9.17, 15) is 14.9 Å². The van der Waals surface area contributed by atoms with Gasteiger partial charge in [0.1, 0.15) is 5.82 Å². The van der Waals surface area contributed by atoms with Gasteiger partial charge >= 0.3 is 0 Å². The fraction of sp³-hybridized carbons (Fsp3) is 0.0476. The number of benzene rings is 2. The van der Waals surface area contributed by atoms with E-state index in [-0.39, 0.29) is 11.6 Å². The minimum absolute atomic E-state index is 0.0364. The first-order valence-corrected chi connectivity index (χ1v) is 10.1. The summed E-state index contributed by atoms with van der Waals surface area (Å²) in [4.78, 5) is 36.6. The molecule has 2 heterocycles. The van der Waals surface area contributed by atoms with Crippen molar-refractivity contribution >= 4 is 40.1 Å². The molecule has 0 radical (unpaired) electrons. The molecular weight excluding hydrogens is 402 g/mol. The smallest absolute Gasteiger partial charge is 0.270 e. The summed E-state index contributed by atoms with van der Waals surface area (Å²) >= 11 is 1.31. The van der Waals surface area contributed by atoms with Gasteiger partial charge in [-0.15, -0.1) is 0 Å². The number of carbonyl (C=O) groups excluding carboxylic acids is 1. The highest BCUT2D eigenvalue weighted by Crippen LogP contribution is 2.26. The lowest BCUT2D eigenvalue weighted by atomic mass is 10.1. The minimum Gasteiger partial charge on any atom is -0.306 e. The van der Waals surface area contributed by atoms with Crippen molar-refractivity contribution < 1.29 is 9.72 Å². The van der Waals surface area contributed by atoms with E-state index in [1.165, 1.54) is 23.9 Å². The van der Waals surface area contributed by atoms with Crippen molar-refractivity contribution in [1.29, 1.82) is 0 Å². The highest BCUT2D eigenvalue weighted by molar-refractivity contribution is 7.98. The summed E-state index contributed by atoms with van der Waals surface area (Å²) < 4.78 is 0. The molecule has 0 saturated heterocycles. The predicted molar refractivity (Wildman–Crippen MR) is 116 cm³/mol. The van der Waals surface area contributed by atoms with Crippen molar-refractivity contribution in [3.8, 4) is 11.3 Å². The Morgan fingerprint density at radius 1 is 1.07 bits per heavy atom. The number of nitrogens with one attached hydrogen (secondary N) is 1. The molecule has 0 fully saturated rings. The number of carbonyl (C=O) groups is 1. The summed E-state index contributed by atoms with van der Waals surface area (Å²) in [6.45, 7) is 0. The number of hydrogen-bond donors (Lipinski definition) is 1.